The zero-order chi connectivity index (χ0) is 18.0. The number of imidazole rings is 1. The Kier molecular flexibility index (Phi) is 4.48. The van der Waals surface area contributed by atoms with Crippen LogP contribution in [0.25, 0.3) is 5.82 Å². The minimum atomic E-state index is -3.55. The van der Waals surface area contributed by atoms with Crippen molar-refractivity contribution in [2.45, 2.75) is 23.7 Å². The van der Waals surface area contributed by atoms with Crippen LogP contribution in [0, 0.1) is 0 Å². The van der Waals surface area contributed by atoms with Crippen LogP contribution in [0.3, 0.4) is 0 Å². The van der Waals surface area contributed by atoms with Crippen LogP contribution < -0.4 is 0 Å². The van der Waals surface area contributed by atoms with Crippen molar-refractivity contribution in [3.63, 3.8) is 0 Å². The number of piperidine rings is 1. The molecule has 1 unspecified atom stereocenters. The number of sulfonamides is 1. The van der Waals surface area contributed by atoms with E-state index in [4.69, 9.17) is 0 Å². The summed E-state index contributed by atoms with van der Waals surface area (Å²) in [7, 11) is -3.55. The predicted molar refractivity (Wildman–Crippen MR) is 94.1 cm³/mol. The summed E-state index contributed by atoms with van der Waals surface area (Å²) < 4.78 is 29.0. The van der Waals surface area contributed by atoms with Gasteiger partial charge in [0, 0.05) is 50.0 Å². The standard InChI is InChI=1S/C17H18N6O2S/c24-26(25,15-4-1-5-18-9-15)23-7-2-3-14(12-23)16-10-20-11-17(21-16)22-8-6-19-13-22/h1,4-6,8-11,13-14H,2-3,7,12H2. The normalized spacial score (nSPS) is 18.7. The molecule has 0 saturated carbocycles. The molecule has 26 heavy (non-hydrogen) atoms. The molecule has 0 spiro atoms. The van der Waals surface area contributed by atoms with Gasteiger partial charge in [0.25, 0.3) is 0 Å². The number of pyridine rings is 1. The molecule has 4 heterocycles. The van der Waals surface area contributed by atoms with Gasteiger partial charge >= 0.3 is 0 Å². The lowest BCUT2D eigenvalue weighted by Crippen LogP contribution is -2.39. The molecule has 1 atom stereocenters. The van der Waals surface area contributed by atoms with E-state index in [1.165, 1.54) is 10.5 Å². The van der Waals surface area contributed by atoms with Gasteiger partial charge in [-0.05, 0) is 25.0 Å². The van der Waals surface area contributed by atoms with E-state index in [0.717, 1.165) is 18.5 Å². The molecule has 0 amide bonds. The van der Waals surface area contributed by atoms with Crippen LogP contribution in [0.5, 0.6) is 0 Å². The van der Waals surface area contributed by atoms with Crippen LogP contribution in [0.2, 0.25) is 0 Å². The Bertz CT molecular complexity index is 976. The van der Waals surface area contributed by atoms with E-state index < -0.39 is 10.0 Å². The van der Waals surface area contributed by atoms with Crippen molar-refractivity contribution in [2.24, 2.45) is 0 Å². The van der Waals surface area contributed by atoms with Crippen molar-refractivity contribution < 1.29 is 8.42 Å². The molecule has 0 aliphatic carbocycles. The van der Waals surface area contributed by atoms with E-state index in [1.54, 1.807) is 54.0 Å². The molecule has 0 aromatic carbocycles. The zero-order valence-electron chi connectivity index (χ0n) is 14.0. The van der Waals surface area contributed by atoms with E-state index >= 15 is 0 Å². The van der Waals surface area contributed by atoms with Gasteiger partial charge in [0.2, 0.25) is 10.0 Å². The third-order valence-electron chi connectivity index (χ3n) is 4.48. The van der Waals surface area contributed by atoms with Crippen LogP contribution in [0.1, 0.15) is 24.5 Å². The molecule has 1 saturated heterocycles. The quantitative estimate of drug-likeness (QED) is 0.693. The van der Waals surface area contributed by atoms with Gasteiger partial charge in [-0.25, -0.2) is 18.4 Å². The zero-order valence-corrected chi connectivity index (χ0v) is 14.8. The second kappa shape index (κ2) is 6.93. The molecule has 1 fully saturated rings. The van der Waals surface area contributed by atoms with Crippen molar-refractivity contribution in [3.8, 4) is 5.82 Å². The van der Waals surface area contributed by atoms with Crippen LogP contribution in [-0.4, -0.2) is 50.3 Å². The van der Waals surface area contributed by atoms with E-state index in [0.29, 0.717) is 18.9 Å². The first-order valence-electron chi connectivity index (χ1n) is 8.35. The fourth-order valence-electron chi connectivity index (χ4n) is 3.14. The van der Waals surface area contributed by atoms with Crippen molar-refractivity contribution in [3.05, 3.63) is 61.3 Å². The molecule has 9 heteroatoms. The highest BCUT2D eigenvalue weighted by molar-refractivity contribution is 7.89. The summed E-state index contributed by atoms with van der Waals surface area (Å²) in [5, 5.41) is 0. The first kappa shape index (κ1) is 16.8. The minimum Gasteiger partial charge on any atom is -0.289 e. The third-order valence-corrected chi connectivity index (χ3v) is 6.33. The maximum absolute atomic E-state index is 12.9. The van der Waals surface area contributed by atoms with Gasteiger partial charge in [-0.3, -0.25) is 14.5 Å². The Morgan fingerprint density at radius 3 is 2.77 bits per heavy atom. The number of rotatable bonds is 4. The first-order chi connectivity index (χ1) is 12.6. The van der Waals surface area contributed by atoms with E-state index in [-0.39, 0.29) is 10.8 Å². The van der Waals surface area contributed by atoms with Gasteiger partial charge in [-0.1, -0.05) is 0 Å². The molecule has 0 bridgehead atoms. The van der Waals surface area contributed by atoms with Crippen LogP contribution in [0.4, 0.5) is 0 Å². The molecule has 134 valence electrons. The highest BCUT2D eigenvalue weighted by Gasteiger charge is 2.31. The largest absolute Gasteiger partial charge is 0.289 e. The van der Waals surface area contributed by atoms with Crippen molar-refractivity contribution in [2.75, 3.05) is 13.1 Å². The second-order valence-corrected chi connectivity index (χ2v) is 8.10. The summed E-state index contributed by atoms with van der Waals surface area (Å²) in [6.07, 6.45) is 13.1. The molecule has 4 rings (SSSR count). The second-order valence-electron chi connectivity index (χ2n) is 6.16. The summed E-state index contributed by atoms with van der Waals surface area (Å²) in [5.41, 5.74) is 0.794. The Morgan fingerprint density at radius 2 is 2.00 bits per heavy atom. The lowest BCUT2D eigenvalue weighted by atomic mass is 9.96. The topological polar surface area (TPSA) is 93.9 Å². The van der Waals surface area contributed by atoms with Gasteiger partial charge in [-0.2, -0.15) is 4.31 Å². The fraction of sp³-hybridized carbons (Fsp3) is 0.294. The van der Waals surface area contributed by atoms with Crippen LogP contribution in [0.15, 0.2) is 60.5 Å². The highest BCUT2D eigenvalue weighted by Crippen LogP contribution is 2.29. The monoisotopic (exact) mass is 370 g/mol. The molecule has 0 N–H and O–H groups in total. The summed E-state index contributed by atoms with van der Waals surface area (Å²) in [4.78, 5) is 17.1. The van der Waals surface area contributed by atoms with Crippen LogP contribution >= 0.6 is 0 Å². The maximum Gasteiger partial charge on any atom is 0.244 e. The summed E-state index contributed by atoms with van der Waals surface area (Å²) in [6.45, 7) is 0.891. The van der Waals surface area contributed by atoms with Crippen molar-refractivity contribution >= 4 is 10.0 Å². The molecule has 8 nitrogen and oxygen atoms in total. The molecule has 1 aliphatic heterocycles. The fourth-order valence-corrected chi connectivity index (χ4v) is 4.63. The first-order valence-corrected chi connectivity index (χ1v) is 9.79. The lowest BCUT2D eigenvalue weighted by molar-refractivity contribution is 0.312. The number of hydrogen-bond donors (Lipinski definition) is 0. The van der Waals surface area contributed by atoms with Gasteiger partial charge in [0.05, 0.1) is 11.9 Å². The number of hydrogen-bond acceptors (Lipinski definition) is 6. The smallest absolute Gasteiger partial charge is 0.244 e. The Balaban J connectivity index is 1.59. The molecular formula is C17H18N6O2S. The molecule has 3 aromatic heterocycles. The maximum atomic E-state index is 12.9. The van der Waals surface area contributed by atoms with E-state index in [1.807, 2.05) is 0 Å². The molecule has 0 radical (unpaired) electrons. The average molecular weight is 370 g/mol. The van der Waals surface area contributed by atoms with Crippen molar-refractivity contribution in [1.82, 2.24) is 28.8 Å². The third kappa shape index (κ3) is 3.23. The van der Waals surface area contributed by atoms with Gasteiger partial charge < -0.3 is 0 Å². The predicted octanol–water partition coefficient (Wildman–Crippen LogP) is 1.63. The molecule has 3 aromatic rings. The van der Waals surface area contributed by atoms with Gasteiger partial charge in [-0.15, -0.1) is 0 Å². The average Bonchev–Trinajstić information content (AvgIpc) is 3.24. The van der Waals surface area contributed by atoms with Crippen molar-refractivity contribution in [1.29, 1.82) is 0 Å². The SMILES string of the molecule is O=S(=O)(c1cccnc1)N1CCCC(c2cncc(-n3ccnc3)n2)C1. The van der Waals surface area contributed by atoms with E-state index in [9.17, 15) is 8.42 Å². The Labute approximate surface area is 151 Å². The highest BCUT2D eigenvalue weighted by atomic mass is 32.2. The van der Waals surface area contributed by atoms with Gasteiger partial charge in [0.1, 0.15) is 11.2 Å². The number of nitrogens with zero attached hydrogens (tertiary/aromatic N) is 6. The minimum absolute atomic E-state index is 0.00571. The lowest BCUT2D eigenvalue weighted by Gasteiger charge is -2.31. The van der Waals surface area contributed by atoms with E-state index in [2.05, 4.69) is 19.9 Å². The number of aromatic nitrogens is 5. The Hall–Kier alpha value is -2.65. The Morgan fingerprint density at radius 1 is 1.08 bits per heavy atom. The molecular weight excluding hydrogens is 352 g/mol. The summed E-state index contributed by atoms with van der Waals surface area (Å²) in [5.74, 6) is 0.679. The molecule has 1 aliphatic rings. The van der Waals surface area contributed by atoms with Crippen LogP contribution in [-0.2, 0) is 10.0 Å². The summed E-state index contributed by atoms with van der Waals surface area (Å²) in [6, 6.07) is 3.21. The van der Waals surface area contributed by atoms with Gasteiger partial charge in [0.15, 0.2) is 5.82 Å². The summed E-state index contributed by atoms with van der Waals surface area (Å²) >= 11 is 0.